The molecule has 0 saturated heterocycles. The van der Waals surface area contributed by atoms with Gasteiger partial charge in [-0.25, -0.2) is 0 Å². The van der Waals surface area contributed by atoms with E-state index < -0.39 is 11.7 Å². The van der Waals surface area contributed by atoms with Crippen LogP contribution < -0.4 is 4.74 Å². The largest absolute Gasteiger partial charge is 0.457 e. The third-order valence-electron chi connectivity index (χ3n) is 2.91. The highest BCUT2D eigenvalue weighted by Crippen LogP contribution is 2.37. The predicted molar refractivity (Wildman–Crippen MR) is 80.0 cm³/mol. The topological polar surface area (TPSA) is 9.23 Å². The summed E-state index contributed by atoms with van der Waals surface area (Å²) in [6.07, 6.45) is -4.46. The summed E-state index contributed by atoms with van der Waals surface area (Å²) in [5.74, 6) is 0.416. The van der Waals surface area contributed by atoms with Gasteiger partial charge in [-0.3, -0.25) is 0 Å². The maximum atomic E-state index is 13.0. The van der Waals surface area contributed by atoms with Gasteiger partial charge < -0.3 is 4.74 Å². The van der Waals surface area contributed by atoms with E-state index in [1.165, 1.54) is 12.1 Å². The summed E-state index contributed by atoms with van der Waals surface area (Å²) in [5, 5.41) is 0. The number of halogens is 5. The lowest BCUT2D eigenvalue weighted by Crippen LogP contribution is -2.08. The van der Waals surface area contributed by atoms with E-state index in [-0.39, 0.29) is 17.2 Å². The Bertz CT molecular complexity index is 656. The van der Waals surface area contributed by atoms with Crippen molar-refractivity contribution in [2.75, 3.05) is 0 Å². The number of aryl methyl sites for hydroxylation is 1. The number of benzene rings is 2. The fraction of sp³-hybridized carbons (Fsp3) is 0.200. The predicted octanol–water partition coefficient (Wildman–Crippen LogP) is 6.31. The molecule has 0 saturated carbocycles. The van der Waals surface area contributed by atoms with E-state index in [2.05, 4.69) is 15.9 Å². The Kier molecular flexibility index (Phi) is 4.84. The van der Waals surface area contributed by atoms with Crippen LogP contribution in [0.1, 0.15) is 16.7 Å². The summed E-state index contributed by atoms with van der Waals surface area (Å²) in [7, 11) is 0. The molecule has 0 unspecified atom stereocenters. The van der Waals surface area contributed by atoms with E-state index in [4.69, 9.17) is 16.3 Å². The molecule has 2 rings (SSSR count). The molecule has 21 heavy (non-hydrogen) atoms. The maximum absolute atomic E-state index is 13.0. The van der Waals surface area contributed by atoms with Crippen LogP contribution in [-0.4, -0.2) is 0 Å². The molecule has 0 atom stereocenters. The SMILES string of the molecule is Cc1ccc(Br)cc1Oc1ccc(CCl)c(C(F)(F)F)c1. The van der Waals surface area contributed by atoms with E-state index in [0.29, 0.717) is 5.75 Å². The molecule has 2 aromatic carbocycles. The Balaban J connectivity index is 2.39. The highest BCUT2D eigenvalue weighted by atomic mass is 79.9. The van der Waals surface area contributed by atoms with Crippen molar-refractivity contribution in [3.63, 3.8) is 0 Å². The van der Waals surface area contributed by atoms with E-state index >= 15 is 0 Å². The lowest BCUT2D eigenvalue weighted by Gasteiger charge is -2.14. The zero-order chi connectivity index (χ0) is 15.6. The van der Waals surface area contributed by atoms with Gasteiger partial charge in [0.1, 0.15) is 11.5 Å². The van der Waals surface area contributed by atoms with Crippen molar-refractivity contribution in [2.24, 2.45) is 0 Å². The van der Waals surface area contributed by atoms with Crippen LogP contribution in [0.5, 0.6) is 11.5 Å². The molecule has 6 heteroatoms. The monoisotopic (exact) mass is 378 g/mol. The highest BCUT2D eigenvalue weighted by molar-refractivity contribution is 9.10. The Morgan fingerprint density at radius 1 is 1.14 bits per heavy atom. The van der Waals surface area contributed by atoms with Crippen LogP contribution in [0.25, 0.3) is 0 Å². The minimum absolute atomic E-state index is 0.0301. The van der Waals surface area contributed by atoms with Gasteiger partial charge in [0.15, 0.2) is 0 Å². The van der Waals surface area contributed by atoms with Crippen LogP contribution in [-0.2, 0) is 12.1 Å². The second kappa shape index (κ2) is 6.28. The van der Waals surface area contributed by atoms with Gasteiger partial charge in [-0.2, -0.15) is 13.2 Å². The zero-order valence-electron chi connectivity index (χ0n) is 11.0. The Labute approximate surface area is 133 Å². The molecule has 0 radical (unpaired) electrons. The molecule has 0 aliphatic carbocycles. The van der Waals surface area contributed by atoms with Crippen molar-refractivity contribution in [1.82, 2.24) is 0 Å². The summed E-state index contributed by atoms with van der Waals surface area (Å²) in [6, 6.07) is 9.14. The van der Waals surface area contributed by atoms with Crippen molar-refractivity contribution < 1.29 is 17.9 Å². The van der Waals surface area contributed by atoms with Gasteiger partial charge in [0.05, 0.1) is 5.56 Å². The molecule has 112 valence electrons. The fourth-order valence-corrected chi connectivity index (χ4v) is 2.38. The average molecular weight is 380 g/mol. The third-order valence-corrected chi connectivity index (χ3v) is 3.69. The van der Waals surface area contributed by atoms with E-state index in [0.717, 1.165) is 16.1 Å². The van der Waals surface area contributed by atoms with Gasteiger partial charge in [-0.1, -0.05) is 28.1 Å². The first kappa shape index (κ1) is 16.2. The van der Waals surface area contributed by atoms with Crippen molar-refractivity contribution in [3.05, 3.63) is 57.6 Å². The quantitative estimate of drug-likeness (QED) is 0.568. The molecule has 0 aliphatic rings. The minimum atomic E-state index is -4.46. The molecular formula is C15H11BrClF3O. The molecule has 0 aliphatic heterocycles. The standard InChI is InChI=1S/C15H11BrClF3O/c1-9-2-4-11(16)6-14(9)21-12-5-3-10(8-17)13(7-12)15(18,19)20/h2-7H,8H2,1H3. The molecule has 1 nitrogen and oxygen atoms in total. The van der Waals surface area contributed by atoms with Crippen molar-refractivity contribution in [1.29, 1.82) is 0 Å². The molecule has 0 heterocycles. The van der Waals surface area contributed by atoms with Crippen LogP contribution >= 0.6 is 27.5 Å². The van der Waals surface area contributed by atoms with Crippen molar-refractivity contribution in [2.45, 2.75) is 19.0 Å². The van der Waals surface area contributed by atoms with E-state index in [1.807, 2.05) is 19.1 Å². The van der Waals surface area contributed by atoms with Crippen LogP contribution in [0.2, 0.25) is 0 Å². The summed E-state index contributed by atoms with van der Waals surface area (Å²) < 4.78 is 45.3. The number of hydrogen-bond donors (Lipinski definition) is 0. The third kappa shape index (κ3) is 3.92. The molecule has 2 aromatic rings. The van der Waals surface area contributed by atoms with Crippen LogP contribution in [0.3, 0.4) is 0 Å². The van der Waals surface area contributed by atoms with Gasteiger partial charge in [0.2, 0.25) is 0 Å². The first-order valence-electron chi connectivity index (χ1n) is 6.01. The van der Waals surface area contributed by atoms with E-state index in [9.17, 15) is 13.2 Å². The van der Waals surface area contributed by atoms with Gasteiger partial charge in [0, 0.05) is 10.4 Å². The minimum Gasteiger partial charge on any atom is -0.457 e. The molecule has 0 N–H and O–H groups in total. The second-order valence-corrected chi connectivity index (χ2v) is 5.65. The molecular weight excluding hydrogens is 369 g/mol. The molecule has 0 amide bonds. The first-order valence-corrected chi connectivity index (χ1v) is 7.34. The summed E-state index contributed by atoms with van der Waals surface area (Å²) in [6.45, 7) is 1.82. The van der Waals surface area contributed by atoms with Crippen LogP contribution in [0.15, 0.2) is 40.9 Å². The fourth-order valence-electron chi connectivity index (χ4n) is 1.81. The van der Waals surface area contributed by atoms with E-state index in [1.54, 1.807) is 6.07 Å². The van der Waals surface area contributed by atoms with Gasteiger partial charge in [0.25, 0.3) is 0 Å². The summed E-state index contributed by atoms with van der Waals surface area (Å²) in [4.78, 5) is 0. The number of hydrogen-bond acceptors (Lipinski definition) is 1. The Hall–Kier alpha value is -1.20. The van der Waals surface area contributed by atoms with Crippen LogP contribution in [0.4, 0.5) is 13.2 Å². The molecule has 0 fully saturated rings. The summed E-state index contributed by atoms with van der Waals surface area (Å²) in [5.41, 5.74) is 0.0818. The molecule has 0 spiro atoms. The van der Waals surface area contributed by atoms with Gasteiger partial charge in [-0.15, -0.1) is 11.6 Å². The number of ether oxygens (including phenoxy) is 1. The maximum Gasteiger partial charge on any atom is 0.416 e. The molecule has 0 bridgehead atoms. The first-order chi connectivity index (χ1) is 9.81. The zero-order valence-corrected chi connectivity index (χ0v) is 13.3. The second-order valence-electron chi connectivity index (χ2n) is 4.46. The Morgan fingerprint density at radius 2 is 1.86 bits per heavy atom. The number of rotatable bonds is 3. The summed E-state index contributed by atoms with van der Waals surface area (Å²) >= 11 is 8.85. The number of alkyl halides is 4. The van der Waals surface area contributed by atoms with Crippen molar-refractivity contribution >= 4 is 27.5 Å². The smallest absolute Gasteiger partial charge is 0.416 e. The van der Waals surface area contributed by atoms with Crippen molar-refractivity contribution in [3.8, 4) is 11.5 Å². The normalized spacial score (nSPS) is 11.5. The lowest BCUT2D eigenvalue weighted by molar-refractivity contribution is -0.138. The van der Waals surface area contributed by atoms with Crippen LogP contribution in [0, 0.1) is 6.92 Å². The molecule has 0 aromatic heterocycles. The highest BCUT2D eigenvalue weighted by Gasteiger charge is 2.33. The average Bonchev–Trinajstić information content (AvgIpc) is 2.42. The van der Waals surface area contributed by atoms with Gasteiger partial charge >= 0.3 is 6.18 Å². The Morgan fingerprint density at radius 3 is 2.48 bits per heavy atom. The lowest BCUT2D eigenvalue weighted by atomic mass is 10.1. The van der Waals surface area contributed by atoms with Gasteiger partial charge in [-0.05, 0) is 42.3 Å².